The first-order valence-corrected chi connectivity index (χ1v) is 10.2. The Hall–Kier alpha value is -3.01. The number of nitrogens with one attached hydrogen (secondary N) is 3. The fourth-order valence-electron chi connectivity index (χ4n) is 2.45. The highest BCUT2D eigenvalue weighted by Gasteiger charge is 2.30. The van der Waals surface area contributed by atoms with Gasteiger partial charge in [0.15, 0.2) is 21.3 Å². The molecule has 0 aliphatic heterocycles. The first kappa shape index (κ1) is 18.8. The number of hydrogen-bond donors (Lipinski definition) is 3. The minimum Gasteiger partial charge on any atom is -0.354 e. The van der Waals surface area contributed by atoms with Crippen molar-refractivity contribution in [1.82, 2.24) is 15.5 Å². The van der Waals surface area contributed by atoms with Crippen LogP contribution in [-0.4, -0.2) is 43.7 Å². The van der Waals surface area contributed by atoms with Crippen molar-refractivity contribution >= 4 is 38.8 Å². The van der Waals surface area contributed by atoms with Gasteiger partial charge >= 0.3 is 0 Å². The van der Waals surface area contributed by atoms with Crippen LogP contribution in [0.3, 0.4) is 0 Å². The van der Waals surface area contributed by atoms with E-state index in [9.17, 15) is 18.0 Å². The summed E-state index contributed by atoms with van der Waals surface area (Å²) in [6.07, 6.45) is 2.77. The zero-order chi connectivity index (χ0) is 19.6. The van der Waals surface area contributed by atoms with Crippen LogP contribution >= 0.6 is 0 Å². The van der Waals surface area contributed by atoms with Gasteiger partial charge in [0.2, 0.25) is 5.91 Å². The van der Waals surface area contributed by atoms with E-state index in [0.29, 0.717) is 0 Å². The van der Waals surface area contributed by atoms with E-state index in [0.717, 1.165) is 19.1 Å². The van der Waals surface area contributed by atoms with Crippen LogP contribution < -0.4 is 16.0 Å². The van der Waals surface area contributed by atoms with Gasteiger partial charge in [-0.3, -0.25) is 9.59 Å². The van der Waals surface area contributed by atoms with E-state index in [1.807, 2.05) is 0 Å². The Bertz CT molecular complexity index is 1000. The second-order valence-corrected chi connectivity index (χ2v) is 8.21. The van der Waals surface area contributed by atoms with Crippen molar-refractivity contribution < 1.29 is 18.0 Å². The highest BCUT2D eigenvalue weighted by atomic mass is 32.2. The maximum absolute atomic E-state index is 12.1. The fourth-order valence-corrected chi connectivity index (χ4v) is 3.29. The Morgan fingerprint density at radius 2 is 1.81 bits per heavy atom. The predicted octanol–water partition coefficient (Wildman–Crippen LogP) is 1.33. The number of sulfone groups is 1. The number of hydrogen-bond acceptors (Lipinski definition) is 7. The molecule has 1 aromatic carbocycles. The molecule has 0 unspecified atom stereocenters. The molecule has 3 rings (SSSR count). The second-order valence-electron chi connectivity index (χ2n) is 6.23. The van der Waals surface area contributed by atoms with E-state index < -0.39 is 15.7 Å². The molecule has 1 saturated carbocycles. The topological polar surface area (TPSA) is 130 Å². The third-order valence-electron chi connectivity index (χ3n) is 3.99. The molecular weight excluding hydrogens is 370 g/mol. The molecule has 9 nitrogen and oxygen atoms in total. The van der Waals surface area contributed by atoms with Crippen LogP contribution in [0.1, 0.15) is 23.3 Å². The number of carbonyl (C=O) groups is 2. The zero-order valence-corrected chi connectivity index (χ0v) is 15.6. The summed E-state index contributed by atoms with van der Waals surface area (Å²) >= 11 is 0. The van der Waals surface area contributed by atoms with Crippen LogP contribution in [0.2, 0.25) is 0 Å². The van der Waals surface area contributed by atoms with Gasteiger partial charge in [0.25, 0.3) is 5.91 Å². The first-order chi connectivity index (χ1) is 12.8. The highest BCUT2D eigenvalue weighted by molar-refractivity contribution is 7.90. The van der Waals surface area contributed by atoms with Gasteiger partial charge in [0.1, 0.15) is 0 Å². The van der Waals surface area contributed by atoms with E-state index >= 15 is 0 Å². The molecule has 0 spiro atoms. The summed E-state index contributed by atoms with van der Waals surface area (Å²) in [4.78, 5) is 24.1. The third kappa shape index (κ3) is 4.40. The summed E-state index contributed by atoms with van der Waals surface area (Å²) in [5.41, 5.74) is 0.495. The van der Waals surface area contributed by atoms with Crippen LogP contribution in [0, 0.1) is 5.92 Å². The average molecular weight is 389 g/mol. The van der Waals surface area contributed by atoms with Crippen molar-refractivity contribution in [3.63, 3.8) is 0 Å². The lowest BCUT2D eigenvalue weighted by Crippen LogP contribution is -2.22. The number of carbonyl (C=O) groups excluding carboxylic acids is 2. The first-order valence-electron chi connectivity index (χ1n) is 8.26. The van der Waals surface area contributed by atoms with E-state index in [-0.39, 0.29) is 39.6 Å². The third-order valence-corrected chi connectivity index (χ3v) is 5.15. The normalized spacial score (nSPS) is 13.7. The molecule has 1 fully saturated rings. The Labute approximate surface area is 156 Å². The minimum absolute atomic E-state index is 0.0206. The molecule has 10 heteroatoms. The van der Waals surface area contributed by atoms with Crippen molar-refractivity contribution in [2.45, 2.75) is 17.7 Å². The monoisotopic (exact) mass is 389 g/mol. The molecule has 142 valence electrons. The molecule has 1 heterocycles. The zero-order valence-electron chi connectivity index (χ0n) is 14.8. The highest BCUT2D eigenvalue weighted by Crippen LogP contribution is 2.31. The lowest BCUT2D eigenvalue weighted by Gasteiger charge is -2.14. The summed E-state index contributed by atoms with van der Waals surface area (Å²) in [5, 5.41) is 15.8. The Morgan fingerprint density at radius 3 is 2.44 bits per heavy atom. The molecule has 1 aromatic heterocycles. The molecular formula is C17H19N5O4S. The second kappa shape index (κ2) is 7.31. The van der Waals surface area contributed by atoms with Crippen molar-refractivity contribution in [3.8, 4) is 0 Å². The van der Waals surface area contributed by atoms with Crippen molar-refractivity contribution in [3.05, 3.63) is 36.0 Å². The molecule has 1 aliphatic carbocycles. The molecule has 2 amide bonds. The molecule has 27 heavy (non-hydrogen) atoms. The van der Waals surface area contributed by atoms with Gasteiger partial charge in [-0.05, 0) is 25.0 Å². The summed E-state index contributed by atoms with van der Waals surface area (Å²) in [5.74, 6) is -0.493. The van der Waals surface area contributed by atoms with Gasteiger partial charge in [-0.15, -0.1) is 10.2 Å². The summed E-state index contributed by atoms with van der Waals surface area (Å²) in [6, 6.07) is 7.76. The fraction of sp³-hybridized carbons (Fsp3) is 0.294. The average Bonchev–Trinajstić information content (AvgIpc) is 3.46. The smallest absolute Gasteiger partial charge is 0.273 e. The van der Waals surface area contributed by atoms with Crippen LogP contribution in [0.4, 0.5) is 17.2 Å². The van der Waals surface area contributed by atoms with Gasteiger partial charge < -0.3 is 16.0 Å². The number of anilines is 3. The molecule has 2 aromatic rings. The van der Waals surface area contributed by atoms with Gasteiger partial charge in [-0.2, -0.15) is 0 Å². The van der Waals surface area contributed by atoms with Crippen LogP contribution in [0.15, 0.2) is 35.2 Å². The molecule has 0 atom stereocenters. The van der Waals surface area contributed by atoms with Crippen molar-refractivity contribution in [2.75, 3.05) is 23.9 Å². The van der Waals surface area contributed by atoms with E-state index in [4.69, 9.17) is 0 Å². The minimum atomic E-state index is -3.49. The van der Waals surface area contributed by atoms with E-state index in [2.05, 4.69) is 26.1 Å². The molecule has 0 saturated heterocycles. The Morgan fingerprint density at radius 1 is 1.11 bits per heavy atom. The van der Waals surface area contributed by atoms with Crippen LogP contribution in [0.25, 0.3) is 0 Å². The largest absolute Gasteiger partial charge is 0.354 e. The van der Waals surface area contributed by atoms with Gasteiger partial charge in [-0.1, -0.05) is 12.1 Å². The van der Waals surface area contributed by atoms with Crippen LogP contribution in [-0.2, 0) is 14.6 Å². The lowest BCUT2D eigenvalue weighted by molar-refractivity contribution is -0.117. The number of benzene rings is 1. The summed E-state index contributed by atoms with van der Waals surface area (Å²) < 4.78 is 24.0. The predicted molar refractivity (Wildman–Crippen MR) is 99.6 cm³/mol. The van der Waals surface area contributed by atoms with Gasteiger partial charge in [-0.25, -0.2) is 8.42 Å². The molecule has 3 N–H and O–H groups in total. The maximum atomic E-state index is 12.1. The number of para-hydroxylation sites is 1. The van der Waals surface area contributed by atoms with Gasteiger partial charge in [0, 0.05) is 25.3 Å². The van der Waals surface area contributed by atoms with Crippen molar-refractivity contribution in [1.29, 1.82) is 0 Å². The van der Waals surface area contributed by atoms with Gasteiger partial charge in [0.05, 0.1) is 16.3 Å². The van der Waals surface area contributed by atoms with Crippen LogP contribution in [0.5, 0.6) is 0 Å². The molecule has 0 radical (unpaired) electrons. The quantitative estimate of drug-likeness (QED) is 0.679. The Kier molecular flexibility index (Phi) is 5.08. The number of aromatic nitrogens is 2. The number of rotatable bonds is 6. The van der Waals surface area contributed by atoms with Crippen molar-refractivity contribution in [2.24, 2.45) is 5.92 Å². The SMILES string of the molecule is CNC(=O)c1nnc(NC(=O)C2CC2)cc1Nc1ccccc1S(C)(=O)=O. The summed E-state index contributed by atoms with van der Waals surface area (Å²) in [7, 11) is -2.05. The number of amides is 2. The Balaban J connectivity index is 1.99. The maximum Gasteiger partial charge on any atom is 0.273 e. The number of nitrogens with zero attached hydrogens (tertiary/aromatic N) is 2. The van der Waals surface area contributed by atoms with E-state index in [1.54, 1.807) is 18.2 Å². The summed E-state index contributed by atoms with van der Waals surface area (Å²) in [6.45, 7) is 0. The standard InChI is InChI=1S/C17H19N5O4S/c1-18-17(24)15-12(9-14(21-22-15)20-16(23)10-7-8-10)19-11-5-3-4-6-13(11)27(2,25)26/h3-6,9-10H,7-8H2,1-2H3,(H,18,24)(H2,19,20,21,23). The molecule has 1 aliphatic rings. The molecule has 0 bridgehead atoms. The lowest BCUT2D eigenvalue weighted by atomic mass is 10.2. The van der Waals surface area contributed by atoms with E-state index in [1.165, 1.54) is 19.2 Å².